The number of rotatable bonds is 10. The molecule has 0 saturated carbocycles. The van der Waals surface area contributed by atoms with Gasteiger partial charge in [0.25, 0.3) is 5.91 Å². The molecule has 1 fully saturated rings. The second kappa shape index (κ2) is 10.3. The molecule has 26 heavy (non-hydrogen) atoms. The van der Waals surface area contributed by atoms with E-state index in [9.17, 15) is 9.59 Å². The Kier molecular flexibility index (Phi) is 8.12. The van der Waals surface area contributed by atoms with Gasteiger partial charge in [-0.1, -0.05) is 55.5 Å². The molecule has 1 amide bonds. The van der Waals surface area contributed by atoms with Crippen LogP contribution in [0, 0.1) is 0 Å². The molecule has 2 rings (SSSR count). The number of carbonyl (C=O) groups excluding carboxylic acids is 1. The molecule has 0 aromatic heterocycles. The fourth-order valence-electron chi connectivity index (χ4n) is 2.50. The molecule has 1 heterocycles. The zero-order valence-corrected chi connectivity index (χ0v) is 16.4. The quantitative estimate of drug-likeness (QED) is 0.363. The number of hydrogen-bond donors (Lipinski definition) is 1. The van der Waals surface area contributed by atoms with E-state index >= 15 is 0 Å². The zero-order chi connectivity index (χ0) is 18.9. The van der Waals surface area contributed by atoms with E-state index in [1.54, 1.807) is 4.90 Å². The number of nitrogens with zero attached hydrogens (tertiary/aromatic N) is 1. The minimum Gasteiger partial charge on any atom is -0.493 e. The van der Waals surface area contributed by atoms with Crippen molar-refractivity contribution >= 4 is 46.3 Å². The number of carboxylic acids is 1. The van der Waals surface area contributed by atoms with Crippen LogP contribution in [0.2, 0.25) is 0 Å². The lowest BCUT2D eigenvalue weighted by Crippen LogP contribution is -2.29. The molecule has 0 aliphatic carbocycles. The largest absolute Gasteiger partial charge is 0.493 e. The van der Waals surface area contributed by atoms with Crippen molar-refractivity contribution in [1.82, 2.24) is 4.90 Å². The number of carboxylic acid groups (broad SMARTS) is 1. The Balaban J connectivity index is 1.99. The molecule has 7 heteroatoms. The highest BCUT2D eigenvalue weighted by Crippen LogP contribution is 2.34. The molecule has 1 aromatic rings. The highest BCUT2D eigenvalue weighted by molar-refractivity contribution is 8.26. The fourth-order valence-corrected chi connectivity index (χ4v) is 3.80. The van der Waals surface area contributed by atoms with Gasteiger partial charge in [0.2, 0.25) is 0 Å². The van der Waals surface area contributed by atoms with Crippen molar-refractivity contribution < 1.29 is 19.4 Å². The summed E-state index contributed by atoms with van der Waals surface area (Å²) in [5, 5.41) is 8.65. The Morgan fingerprint density at radius 1 is 1.31 bits per heavy atom. The number of unbranched alkanes of at least 4 members (excludes halogenated alkanes) is 2. The standard InChI is InChI=1S/C19H23NO4S2/c1-2-12-24-15-9-6-5-8-14(15)13-16-18(23)20(19(25)26-16)11-7-3-4-10-17(21)22/h5-6,8-9,13H,2-4,7,10-12H2,1H3,(H,21,22)/b16-13+. The minimum absolute atomic E-state index is 0.0940. The number of aliphatic carboxylic acids is 1. The molecule has 5 nitrogen and oxygen atoms in total. The molecular weight excluding hydrogens is 370 g/mol. The molecule has 0 unspecified atom stereocenters. The molecule has 1 aliphatic heterocycles. The van der Waals surface area contributed by atoms with E-state index in [2.05, 4.69) is 0 Å². The van der Waals surface area contributed by atoms with E-state index in [-0.39, 0.29) is 12.3 Å². The molecule has 1 saturated heterocycles. The van der Waals surface area contributed by atoms with Gasteiger partial charge in [-0.2, -0.15) is 0 Å². The van der Waals surface area contributed by atoms with Crippen LogP contribution in [-0.4, -0.2) is 39.4 Å². The topological polar surface area (TPSA) is 66.8 Å². The third-order valence-corrected chi connectivity index (χ3v) is 5.19. The van der Waals surface area contributed by atoms with Crippen molar-refractivity contribution in [2.45, 2.75) is 39.0 Å². The summed E-state index contributed by atoms with van der Waals surface area (Å²) in [6.07, 6.45) is 5.02. The Labute approximate surface area is 163 Å². The summed E-state index contributed by atoms with van der Waals surface area (Å²) >= 11 is 6.63. The predicted molar refractivity (Wildman–Crippen MR) is 108 cm³/mol. The molecule has 0 atom stereocenters. The first-order valence-corrected chi connectivity index (χ1v) is 9.94. The van der Waals surface area contributed by atoms with E-state index in [0.29, 0.717) is 28.8 Å². The first-order valence-electron chi connectivity index (χ1n) is 8.72. The molecule has 140 valence electrons. The second-order valence-electron chi connectivity index (χ2n) is 5.92. The van der Waals surface area contributed by atoms with Crippen LogP contribution in [0.15, 0.2) is 29.2 Å². The van der Waals surface area contributed by atoms with E-state index < -0.39 is 5.97 Å². The van der Waals surface area contributed by atoms with Crippen LogP contribution in [0.3, 0.4) is 0 Å². The summed E-state index contributed by atoms with van der Waals surface area (Å²) in [6, 6.07) is 7.63. The number of ether oxygens (including phenoxy) is 1. The maximum absolute atomic E-state index is 12.6. The third kappa shape index (κ3) is 5.85. The second-order valence-corrected chi connectivity index (χ2v) is 7.60. The van der Waals surface area contributed by atoms with Gasteiger partial charge in [0.05, 0.1) is 11.5 Å². The summed E-state index contributed by atoms with van der Waals surface area (Å²) < 4.78 is 6.28. The lowest BCUT2D eigenvalue weighted by Gasteiger charge is -2.13. The van der Waals surface area contributed by atoms with Gasteiger partial charge in [-0.25, -0.2) is 0 Å². The van der Waals surface area contributed by atoms with Crippen molar-refractivity contribution in [3.63, 3.8) is 0 Å². The minimum atomic E-state index is -0.789. The van der Waals surface area contributed by atoms with Gasteiger partial charge in [0.1, 0.15) is 10.1 Å². The lowest BCUT2D eigenvalue weighted by atomic mass is 10.1. The maximum atomic E-state index is 12.6. The molecule has 1 N–H and O–H groups in total. The smallest absolute Gasteiger partial charge is 0.303 e. The van der Waals surface area contributed by atoms with Crippen molar-refractivity contribution in [2.75, 3.05) is 13.2 Å². The van der Waals surface area contributed by atoms with E-state index in [0.717, 1.165) is 30.6 Å². The molecule has 0 radical (unpaired) electrons. The SMILES string of the molecule is CCCOc1ccccc1/C=C1/SC(=S)N(CCCCCC(=O)O)C1=O. The van der Waals surface area contributed by atoms with Gasteiger partial charge in [0, 0.05) is 18.5 Å². The average molecular weight is 394 g/mol. The van der Waals surface area contributed by atoms with Gasteiger partial charge < -0.3 is 9.84 Å². The maximum Gasteiger partial charge on any atom is 0.303 e. The van der Waals surface area contributed by atoms with Crippen molar-refractivity contribution in [3.8, 4) is 5.75 Å². The Hall–Kier alpha value is -1.86. The highest BCUT2D eigenvalue weighted by atomic mass is 32.2. The van der Waals surface area contributed by atoms with Gasteiger partial charge in [-0.3, -0.25) is 14.5 Å². The van der Waals surface area contributed by atoms with Crippen LogP contribution < -0.4 is 4.74 Å². The summed E-state index contributed by atoms with van der Waals surface area (Å²) in [7, 11) is 0. The highest BCUT2D eigenvalue weighted by Gasteiger charge is 2.31. The lowest BCUT2D eigenvalue weighted by molar-refractivity contribution is -0.137. The number of para-hydroxylation sites is 1. The number of thiocarbonyl (C=S) groups is 1. The zero-order valence-electron chi connectivity index (χ0n) is 14.8. The van der Waals surface area contributed by atoms with Crippen LogP contribution in [0.25, 0.3) is 6.08 Å². The number of carbonyl (C=O) groups is 2. The van der Waals surface area contributed by atoms with Crippen LogP contribution in [0.1, 0.15) is 44.6 Å². The average Bonchev–Trinajstić information content (AvgIpc) is 2.87. The van der Waals surface area contributed by atoms with Crippen molar-refractivity contribution in [3.05, 3.63) is 34.7 Å². The summed E-state index contributed by atoms with van der Waals surface area (Å²) in [5.41, 5.74) is 0.864. The number of amides is 1. The number of thioether (sulfide) groups is 1. The van der Waals surface area contributed by atoms with Crippen LogP contribution in [0.4, 0.5) is 0 Å². The summed E-state index contributed by atoms with van der Waals surface area (Å²) in [4.78, 5) is 25.3. The van der Waals surface area contributed by atoms with Gasteiger partial charge in [0.15, 0.2) is 0 Å². The van der Waals surface area contributed by atoms with Crippen molar-refractivity contribution in [2.24, 2.45) is 0 Å². The first kappa shape index (κ1) is 20.5. The van der Waals surface area contributed by atoms with Gasteiger partial charge in [-0.15, -0.1) is 0 Å². The number of hydrogen-bond acceptors (Lipinski definition) is 5. The van der Waals surface area contributed by atoms with Gasteiger partial charge >= 0.3 is 5.97 Å². The van der Waals surface area contributed by atoms with E-state index in [1.165, 1.54) is 11.8 Å². The summed E-state index contributed by atoms with van der Waals surface area (Å²) in [5.74, 6) is -0.126. The monoisotopic (exact) mass is 393 g/mol. The Bertz CT molecular complexity index is 703. The van der Waals surface area contributed by atoms with Crippen LogP contribution in [-0.2, 0) is 9.59 Å². The van der Waals surface area contributed by atoms with Crippen LogP contribution >= 0.6 is 24.0 Å². The van der Waals surface area contributed by atoms with Crippen LogP contribution in [0.5, 0.6) is 5.75 Å². The normalized spacial score (nSPS) is 15.7. The van der Waals surface area contributed by atoms with E-state index in [1.807, 2.05) is 37.3 Å². The third-order valence-electron chi connectivity index (χ3n) is 3.81. The molecular formula is C19H23NO4S2. The molecule has 1 aliphatic rings. The van der Waals surface area contributed by atoms with Crippen molar-refractivity contribution in [1.29, 1.82) is 0 Å². The molecule has 0 bridgehead atoms. The van der Waals surface area contributed by atoms with E-state index in [4.69, 9.17) is 22.1 Å². The Morgan fingerprint density at radius 3 is 2.81 bits per heavy atom. The van der Waals surface area contributed by atoms with Gasteiger partial charge in [-0.05, 0) is 31.4 Å². The predicted octanol–water partition coefficient (Wildman–Crippen LogP) is 4.32. The molecule has 1 aromatic carbocycles. The molecule has 0 spiro atoms. The summed E-state index contributed by atoms with van der Waals surface area (Å²) in [6.45, 7) is 3.20. The fraction of sp³-hybridized carbons (Fsp3) is 0.421. The Morgan fingerprint density at radius 2 is 2.08 bits per heavy atom. The first-order chi connectivity index (χ1) is 12.5. The number of benzene rings is 1.